The Hall–Kier alpha value is -2.02. The molecular formula is C15H17FN2O3S. The van der Waals surface area contributed by atoms with Gasteiger partial charge in [-0.1, -0.05) is 0 Å². The van der Waals surface area contributed by atoms with Crippen molar-refractivity contribution in [3.63, 3.8) is 0 Å². The van der Waals surface area contributed by atoms with E-state index in [9.17, 15) is 14.0 Å². The molecule has 2 aromatic rings. The summed E-state index contributed by atoms with van der Waals surface area (Å²) in [5.74, 6) is -1.29. The molecule has 0 bridgehead atoms. The van der Waals surface area contributed by atoms with Crippen LogP contribution in [0, 0.1) is 5.82 Å². The Bertz CT molecular complexity index is 714. The van der Waals surface area contributed by atoms with Crippen LogP contribution in [-0.4, -0.2) is 39.6 Å². The minimum absolute atomic E-state index is 0.302. The molecule has 22 heavy (non-hydrogen) atoms. The maximum atomic E-state index is 13.2. The molecule has 0 saturated heterocycles. The molecule has 0 radical (unpaired) electrons. The number of carboxylic acids is 1. The molecule has 118 valence electrons. The lowest BCUT2D eigenvalue weighted by atomic mass is 10.2. The van der Waals surface area contributed by atoms with Gasteiger partial charge in [-0.3, -0.25) is 4.79 Å². The number of thioether (sulfide) groups is 1. The molecule has 2 rings (SSSR count). The molecule has 5 nitrogen and oxygen atoms in total. The van der Waals surface area contributed by atoms with Gasteiger partial charge in [-0.15, -0.1) is 0 Å². The summed E-state index contributed by atoms with van der Waals surface area (Å²) in [4.78, 5) is 23.5. The molecule has 0 aliphatic carbocycles. The number of aryl methyl sites for hydroxylation is 1. The number of nitrogens with zero attached hydrogens (tertiary/aromatic N) is 1. The number of carbonyl (C=O) groups excluding carboxylic acids is 1. The summed E-state index contributed by atoms with van der Waals surface area (Å²) in [5.41, 5.74) is 1.01. The monoisotopic (exact) mass is 324 g/mol. The van der Waals surface area contributed by atoms with E-state index in [1.54, 1.807) is 23.7 Å². The number of hydrogen-bond donors (Lipinski definition) is 2. The topological polar surface area (TPSA) is 71.3 Å². The summed E-state index contributed by atoms with van der Waals surface area (Å²) >= 11 is 1.52. The second kappa shape index (κ2) is 6.83. The highest BCUT2D eigenvalue weighted by molar-refractivity contribution is 7.98. The highest BCUT2D eigenvalue weighted by Gasteiger charge is 2.22. The number of aliphatic carboxylic acids is 1. The Labute approximate surface area is 131 Å². The fourth-order valence-electron chi connectivity index (χ4n) is 2.26. The van der Waals surface area contributed by atoms with Crippen LogP contribution in [-0.2, 0) is 11.8 Å². The number of amides is 1. The lowest BCUT2D eigenvalue weighted by molar-refractivity contribution is -0.139. The van der Waals surface area contributed by atoms with Crippen LogP contribution in [0.15, 0.2) is 24.3 Å². The number of carbonyl (C=O) groups is 2. The van der Waals surface area contributed by atoms with Gasteiger partial charge in [0.2, 0.25) is 0 Å². The second-order valence-electron chi connectivity index (χ2n) is 4.94. The minimum atomic E-state index is -1.06. The molecule has 0 aliphatic heterocycles. The molecule has 1 atom stereocenters. The van der Waals surface area contributed by atoms with Gasteiger partial charge in [0.05, 0.1) is 0 Å². The third-order valence-electron chi connectivity index (χ3n) is 3.45. The van der Waals surface area contributed by atoms with Crippen molar-refractivity contribution in [1.82, 2.24) is 9.88 Å². The van der Waals surface area contributed by atoms with E-state index in [0.717, 1.165) is 0 Å². The number of nitrogens with one attached hydrogen (secondary N) is 1. The molecule has 0 saturated carbocycles. The van der Waals surface area contributed by atoms with Gasteiger partial charge < -0.3 is 15.0 Å². The molecule has 1 aromatic carbocycles. The summed E-state index contributed by atoms with van der Waals surface area (Å²) in [6.07, 6.45) is 2.22. The Morgan fingerprint density at radius 3 is 2.77 bits per heavy atom. The van der Waals surface area contributed by atoms with E-state index >= 15 is 0 Å². The van der Waals surface area contributed by atoms with Crippen LogP contribution in [0.2, 0.25) is 0 Å². The second-order valence-corrected chi connectivity index (χ2v) is 5.92. The Morgan fingerprint density at radius 1 is 1.41 bits per heavy atom. The number of fused-ring (bicyclic) bond motifs is 1. The molecule has 1 heterocycles. The number of rotatable bonds is 6. The maximum absolute atomic E-state index is 13.2. The van der Waals surface area contributed by atoms with Crippen molar-refractivity contribution in [2.24, 2.45) is 7.05 Å². The number of hydrogen-bond acceptors (Lipinski definition) is 3. The van der Waals surface area contributed by atoms with E-state index in [0.29, 0.717) is 28.8 Å². The molecule has 0 aliphatic rings. The van der Waals surface area contributed by atoms with Crippen LogP contribution in [0.25, 0.3) is 10.9 Å². The van der Waals surface area contributed by atoms with E-state index in [2.05, 4.69) is 5.32 Å². The number of benzene rings is 1. The first-order valence-electron chi connectivity index (χ1n) is 6.71. The normalized spacial score (nSPS) is 12.3. The van der Waals surface area contributed by atoms with Gasteiger partial charge in [-0.25, -0.2) is 9.18 Å². The summed E-state index contributed by atoms with van der Waals surface area (Å²) in [6, 6.07) is 4.87. The van der Waals surface area contributed by atoms with Crippen LogP contribution in [0.5, 0.6) is 0 Å². The van der Waals surface area contributed by atoms with Gasteiger partial charge in [0.25, 0.3) is 5.91 Å². The molecule has 1 aromatic heterocycles. The van der Waals surface area contributed by atoms with Crippen molar-refractivity contribution in [1.29, 1.82) is 0 Å². The van der Waals surface area contributed by atoms with Gasteiger partial charge in [0.15, 0.2) is 0 Å². The number of halogens is 1. The molecule has 1 unspecified atom stereocenters. The van der Waals surface area contributed by atoms with Gasteiger partial charge in [-0.2, -0.15) is 11.8 Å². The molecule has 2 N–H and O–H groups in total. The maximum Gasteiger partial charge on any atom is 0.326 e. The first kappa shape index (κ1) is 16.4. The lowest BCUT2D eigenvalue weighted by Gasteiger charge is -2.14. The smallest absolute Gasteiger partial charge is 0.326 e. The molecule has 7 heteroatoms. The summed E-state index contributed by atoms with van der Waals surface area (Å²) in [7, 11) is 1.69. The Morgan fingerprint density at radius 2 is 2.14 bits per heavy atom. The van der Waals surface area contributed by atoms with Crippen molar-refractivity contribution in [3.05, 3.63) is 35.8 Å². The Balaban J connectivity index is 2.25. The third kappa shape index (κ3) is 3.41. The van der Waals surface area contributed by atoms with Gasteiger partial charge in [0.1, 0.15) is 17.6 Å². The fourth-order valence-corrected chi connectivity index (χ4v) is 2.73. The van der Waals surface area contributed by atoms with E-state index < -0.39 is 17.9 Å². The third-order valence-corrected chi connectivity index (χ3v) is 4.10. The highest BCUT2D eigenvalue weighted by atomic mass is 32.2. The molecule has 0 fully saturated rings. The first-order chi connectivity index (χ1) is 10.4. The number of carboxylic acid groups (broad SMARTS) is 1. The summed E-state index contributed by atoms with van der Waals surface area (Å²) < 4.78 is 14.9. The average molecular weight is 324 g/mol. The average Bonchev–Trinajstić information content (AvgIpc) is 2.79. The van der Waals surface area contributed by atoms with E-state index in [1.165, 1.54) is 23.9 Å². The number of aromatic nitrogens is 1. The Kier molecular flexibility index (Phi) is 5.07. The zero-order valence-electron chi connectivity index (χ0n) is 12.3. The van der Waals surface area contributed by atoms with E-state index in [4.69, 9.17) is 5.11 Å². The SMILES string of the molecule is CSCCC(NC(=O)c1cc2cc(F)ccc2n1C)C(=O)O. The molecular weight excluding hydrogens is 307 g/mol. The summed E-state index contributed by atoms with van der Waals surface area (Å²) in [5, 5.41) is 12.3. The largest absolute Gasteiger partial charge is 0.480 e. The fraction of sp³-hybridized carbons (Fsp3) is 0.333. The quantitative estimate of drug-likeness (QED) is 0.855. The predicted octanol–water partition coefficient (Wildman–Crippen LogP) is 2.25. The van der Waals surface area contributed by atoms with E-state index in [-0.39, 0.29) is 5.82 Å². The van der Waals surface area contributed by atoms with Crippen LogP contribution in [0.3, 0.4) is 0 Å². The van der Waals surface area contributed by atoms with Crippen molar-refractivity contribution < 1.29 is 19.1 Å². The van der Waals surface area contributed by atoms with Gasteiger partial charge >= 0.3 is 5.97 Å². The van der Waals surface area contributed by atoms with Crippen molar-refractivity contribution >= 4 is 34.5 Å². The van der Waals surface area contributed by atoms with Crippen LogP contribution in [0.4, 0.5) is 4.39 Å². The van der Waals surface area contributed by atoms with Crippen LogP contribution in [0.1, 0.15) is 16.9 Å². The predicted molar refractivity (Wildman–Crippen MR) is 84.8 cm³/mol. The van der Waals surface area contributed by atoms with Crippen LogP contribution < -0.4 is 5.32 Å². The summed E-state index contributed by atoms with van der Waals surface area (Å²) in [6.45, 7) is 0. The van der Waals surface area contributed by atoms with Gasteiger partial charge in [-0.05, 0) is 42.7 Å². The standard InChI is InChI=1S/C15H17FN2O3S/c1-18-12-4-3-10(16)7-9(12)8-13(18)14(19)17-11(15(20)21)5-6-22-2/h3-4,7-8,11H,5-6H2,1-2H3,(H,17,19)(H,20,21). The first-order valence-corrected chi connectivity index (χ1v) is 8.11. The van der Waals surface area contributed by atoms with Crippen molar-refractivity contribution in [2.75, 3.05) is 12.0 Å². The zero-order valence-corrected chi connectivity index (χ0v) is 13.1. The van der Waals surface area contributed by atoms with Crippen molar-refractivity contribution in [3.8, 4) is 0 Å². The molecule has 1 amide bonds. The molecule has 0 spiro atoms. The zero-order chi connectivity index (χ0) is 16.3. The lowest BCUT2D eigenvalue weighted by Crippen LogP contribution is -2.41. The van der Waals surface area contributed by atoms with Crippen LogP contribution >= 0.6 is 11.8 Å². The highest BCUT2D eigenvalue weighted by Crippen LogP contribution is 2.20. The van der Waals surface area contributed by atoms with Crippen molar-refractivity contribution in [2.45, 2.75) is 12.5 Å². The minimum Gasteiger partial charge on any atom is -0.480 e. The van der Waals surface area contributed by atoms with Gasteiger partial charge in [0, 0.05) is 18.0 Å². The van der Waals surface area contributed by atoms with E-state index in [1.807, 2.05) is 6.26 Å².